The minimum atomic E-state index is -0.348. The lowest BCUT2D eigenvalue weighted by Crippen LogP contribution is -2.29. The van der Waals surface area contributed by atoms with Gasteiger partial charge in [0.05, 0.1) is 35.3 Å². The zero-order chi connectivity index (χ0) is 13.4. The lowest BCUT2D eigenvalue weighted by molar-refractivity contribution is 0.0926. The number of rotatable bonds is 2. The number of imide groups is 1. The number of aromatic nitrogens is 1. The Bertz CT molecular complexity index is 630. The summed E-state index contributed by atoms with van der Waals surface area (Å²) in [5, 5.41) is 8.93. The van der Waals surface area contributed by atoms with Crippen LogP contribution in [0, 0.1) is 0 Å². The molecule has 1 aliphatic heterocycles. The predicted octanol–water partition coefficient (Wildman–Crippen LogP) is 1.37. The maximum atomic E-state index is 12.2. The smallest absolute Gasteiger partial charge is 0.266 e. The first kappa shape index (κ1) is 11.6. The third-order valence-corrected chi connectivity index (χ3v) is 3.02. The lowest BCUT2D eigenvalue weighted by atomic mass is 10.1. The van der Waals surface area contributed by atoms with Gasteiger partial charge in [-0.25, -0.2) is 4.90 Å². The number of anilines is 1. The van der Waals surface area contributed by atoms with E-state index < -0.39 is 0 Å². The van der Waals surface area contributed by atoms with Crippen LogP contribution in [0.3, 0.4) is 0 Å². The van der Waals surface area contributed by atoms with Crippen LogP contribution in [0.2, 0.25) is 0 Å². The molecular weight excluding hydrogens is 244 g/mol. The van der Waals surface area contributed by atoms with Crippen molar-refractivity contribution in [3.05, 3.63) is 59.4 Å². The van der Waals surface area contributed by atoms with E-state index in [4.69, 9.17) is 5.11 Å². The van der Waals surface area contributed by atoms with Gasteiger partial charge in [-0.15, -0.1) is 0 Å². The van der Waals surface area contributed by atoms with E-state index >= 15 is 0 Å². The van der Waals surface area contributed by atoms with E-state index in [2.05, 4.69) is 4.98 Å². The molecule has 0 aliphatic carbocycles. The first-order valence-electron chi connectivity index (χ1n) is 5.76. The Morgan fingerprint density at radius 3 is 2.11 bits per heavy atom. The number of fused-ring (bicyclic) bond motifs is 1. The first-order valence-corrected chi connectivity index (χ1v) is 5.76. The summed E-state index contributed by atoms with van der Waals surface area (Å²) in [5.41, 5.74) is 1.70. The average molecular weight is 254 g/mol. The van der Waals surface area contributed by atoms with Crippen LogP contribution < -0.4 is 4.90 Å². The van der Waals surface area contributed by atoms with Gasteiger partial charge in [0, 0.05) is 0 Å². The highest BCUT2D eigenvalue weighted by molar-refractivity contribution is 6.34. The van der Waals surface area contributed by atoms with Gasteiger partial charge in [-0.1, -0.05) is 12.1 Å². The van der Waals surface area contributed by atoms with Crippen LogP contribution in [0.25, 0.3) is 0 Å². The number of nitrogens with zero attached hydrogens (tertiary/aromatic N) is 2. The number of pyridine rings is 1. The number of hydrogen-bond donors (Lipinski definition) is 1. The second-order valence-corrected chi connectivity index (χ2v) is 4.16. The van der Waals surface area contributed by atoms with Gasteiger partial charge in [0.2, 0.25) is 0 Å². The second kappa shape index (κ2) is 4.29. The van der Waals surface area contributed by atoms with Crippen molar-refractivity contribution in [1.29, 1.82) is 0 Å². The van der Waals surface area contributed by atoms with E-state index in [9.17, 15) is 9.59 Å². The van der Waals surface area contributed by atoms with Gasteiger partial charge in [0.25, 0.3) is 11.8 Å². The Labute approximate surface area is 109 Å². The highest BCUT2D eigenvalue weighted by Crippen LogP contribution is 2.27. The van der Waals surface area contributed by atoms with Crippen molar-refractivity contribution in [3.63, 3.8) is 0 Å². The van der Waals surface area contributed by atoms with Crippen molar-refractivity contribution in [1.82, 2.24) is 4.98 Å². The van der Waals surface area contributed by atoms with Gasteiger partial charge in [-0.05, 0) is 24.3 Å². The molecule has 5 nitrogen and oxygen atoms in total. The SMILES string of the molecule is O=C1c2ccccc2C(=O)N1c1ccc(CO)nc1. The second-order valence-electron chi connectivity index (χ2n) is 4.16. The van der Waals surface area contributed by atoms with Crippen LogP contribution >= 0.6 is 0 Å². The fourth-order valence-corrected chi connectivity index (χ4v) is 2.07. The van der Waals surface area contributed by atoms with E-state index in [1.165, 1.54) is 6.20 Å². The number of carbonyl (C=O) groups is 2. The molecule has 1 N–H and O–H groups in total. The number of hydrogen-bond acceptors (Lipinski definition) is 4. The number of benzene rings is 1. The monoisotopic (exact) mass is 254 g/mol. The standard InChI is InChI=1S/C14H10N2O3/c17-8-9-5-6-10(7-15-9)16-13(18)11-3-1-2-4-12(11)14(16)19/h1-7,17H,8H2. The minimum absolute atomic E-state index is 0.178. The Kier molecular flexibility index (Phi) is 2.61. The molecule has 0 spiro atoms. The summed E-state index contributed by atoms with van der Waals surface area (Å²) in [5.74, 6) is -0.696. The molecule has 3 rings (SSSR count). The van der Waals surface area contributed by atoms with Gasteiger partial charge >= 0.3 is 0 Å². The number of amides is 2. The van der Waals surface area contributed by atoms with Crippen molar-refractivity contribution < 1.29 is 14.7 Å². The molecule has 2 heterocycles. The fourth-order valence-electron chi connectivity index (χ4n) is 2.07. The summed E-state index contributed by atoms with van der Waals surface area (Å²) in [6.45, 7) is -0.178. The molecule has 0 atom stereocenters. The van der Waals surface area contributed by atoms with Crippen molar-refractivity contribution in [3.8, 4) is 0 Å². The maximum Gasteiger partial charge on any atom is 0.266 e. The minimum Gasteiger partial charge on any atom is -0.390 e. The molecule has 2 amide bonds. The van der Waals surface area contributed by atoms with Crippen LogP contribution in [0.5, 0.6) is 0 Å². The zero-order valence-corrected chi connectivity index (χ0v) is 9.91. The summed E-state index contributed by atoms with van der Waals surface area (Å²) >= 11 is 0. The third-order valence-electron chi connectivity index (χ3n) is 3.02. The van der Waals surface area contributed by atoms with Crippen LogP contribution in [0.1, 0.15) is 26.4 Å². The highest BCUT2D eigenvalue weighted by atomic mass is 16.3. The van der Waals surface area contributed by atoms with E-state index in [0.29, 0.717) is 22.5 Å². The molecule has 1 aromatic heterocycles. The molecule has 0 unspecified atom stereocenters. The van der Waals surface area contributed by atoms with Crippen LogP contribution in [0.4, 0.5) is 5.69 Å². The van der Waals surface area contributed by atoms with Gasteiger partial charge in [-0.2, -0.15) is 0 Å². The van der Waals surface area contributed by atoms with Crippen molar-refractivity contribution >= 4 is 17.5 Å². The summed E-state index contributed by atoms with van der Waals surface area (Å²) in [6.07, 6.45) is 1.41. The topological polar surface area (TPSA) is 70.5 Å². The molecule has 0 fully saturated rings. The molecular formula is C14H10N2O3. The summed E-state index contributed by atoms with van der Waals surface area (Å²) in [6, 6.07) is 9.89. The average Bonchev–Trinajstić information content (AvgIpc) is 2.72. The van der Waals surface area contributed by atoms with E-state index in [1.807, 2.05) is 0 Å². The number of carbonyl (C=O) groups excluding carboxylic acids is 2. The predicted molar refractivity (Wildman–Crippen MR) is 67.7 cm³/mol. The summed E-state index contributed by atoms with van der Waals surface area (Å²) < 4.78 is 0. The van der Waals surface area contributed by atoms with Crippen molar-refractivity contribution in [2.75, 3.05) is 4.90 Å². The van der Waals surface area contributed by atoms with Gasteiger partial charge in [0.1, 0.15) is 0 Å². The Balaban J connectivity index is 2.03. The van der Waals surface area contributed by atoms with Crippen molar-refractivity contribution in [2.45, 2.75) is 6.61 Å². The zero-order valence-electron chi connectivity index (χ0n) is 9.91. The lowest BCUT2D eigenvalue weighted by Gasteiger charge is -2.13. The first-order chi connectivity index (χ1) is 9.22. The molecule has 0 radical (unpaired) electrons. The molecule has 1 aromatic carbocycles. The Morgan fingerprint density at radius 2 is 1.63 bits per heavy atom. The fraction of sp³-hybridized carbons (Fsp3) is 0.0714. The molecule has 2 aromatic rings. The molecule has 94 valence electrons. The quantitative estimate of drug-likeness (QED) is 0.822. The highest BCUT2D eigenvalue weighted by Gasteiger charge is 2.36. The van der Waals surface area contributed by atoms with Gasteiger partial charge < -0.3 is 5.11 Å². The van der Waals surface area contributed by atoms with Gasteiger partial charge in [-0.3, -0.25) is 14.6 Å². The Hall–Kier alpha value is -2.53. The van der Waals surface area contributed by atoms with E-state index in [0.717, 1.165) is 4.90 Å². The van der Waals surface area contributed by atoms with Crippen LogP contribution in [0.15, 0.2) is 42.6 Å². The molecule has 1 aliphatic rings. The van der Waals surface area contributed by atoms with Gasteiger partial charge in [0.15, 0.2) is 0 Å². The Morgan fingerprint density at radius 1 is 1.00 bits per heavy atom. The molecule has 0 saturated carbocycles. The maximum absolute atomic E-state index is 12.2. The largest absolute Gasteiger partial charge is 0.390 e. The van der Waals surface area contributed by atoms with Crippen LogP contribution in [-0.2, 0) is 6.61 Å². The molecule has 0 bridgehead atoms. The van der Waals surface area contributed by atoms with Crippen molar-refractivity contribution in [2.24, 2.45) is 0 Å². The normalized spacial score (nSPS) is 13.8. The number of aliphatic hydroxyl groups is 1. The summed E-state index contributed by atoms with van der Waals surface area (Å²) in [4.78, 5) is 29.5. The van der Waals surface area contributed by atoms with E-state index in [1.54, 1.807) is 36.4 Å². The third kappa shape index (κ3) is 1.71. The molecule has 5 heteroatoms. The molecule has 0 saturated heterocycles. The summed E-state index contributed by atoms with van der Waals surface area (Å²) in [7, 11) is 0. The molecule has 19 heavy (non-hydrogen) atoms. The van der Waals surface area contributed by atoms with E-state index in [-0.39, 0.29) is 18.4 Å². The van der Waals surface area contributed by atoms with Crippen LogP contribution in [-0.4, -0.2) is 21.9 Å². The number of aliphatic hydroxyl groups excluding tert-OH is 1.